The number of rotatable bonds is 4. The fourth-order valence-electron chi connectivity index (χ4n) is 3.81. The van der Waals surface area contributed by atoms with Crippen molar-refractivity contribution in [2.45, 2.75) is 25.8 Å². The Morgan fingerprint density at radius 3 is 2.61 bits per heavy atom. The van der Waals surface area contributed by atoms with Crippen LogP contribution in [0.1, 0.15) is 24.8 Å². The summed E-state index contributed by atoms with van der Waals surface area (Å²) in [5.74, 6) is 2.65. The van der Waals surface area contributed by atoms with Gasteiger partial charge in [0.2, 0.25) is 6.79 Å². The summed E-state index contributed by atoms with van der Waals surface area (Å²) in [7, 11) is 0. The molecule has 1 atom stereocenters. The second-order valence-corrected chi connectivity index (χ2v) is 6.91. The lowest BCUT2D eigenvalue weighted by atomic mass is 9.94. The molecule has 124 valence electrons. The number of hydrogen-bond donors (Lipinski definition) is 0. The van der Waals surface area contributed by atoms with Gasteiger partial charge in [-0.05, 0) is 42.9 Å². The molecule has 1 saturated heterocycles. The highest BCUT2D eigenvalue weighted by Crippen LogP contribution is 2.32. The molecule has 4 rings (SSSR count). The molecular weight excluding hydrogens is 288 g/mol. The van der Waals surface area contributed by atoms with Gasteiger partial charge in [-0.25, -0.2) is 0 Å². The van der Waals surface area contributed by atoms with Crippen LogP contribution in [-0.4, -0.2) is 49.3 Å². The summed E-state index contributed by atoms with van der Waals surface area (Å²) in [5.41, 5.74) is 1.32. The first-order valence-electron chi connectivity index (χ1n) is 8.85. The van der Waals surface area contributed by atoms with Gasteiger partial charge < -0.3 is 14.4 Å². The summed E-state index contributed by atoms with van der Waals surface area (Å²) < 4.78 is 10.9. The van der Waals surface area contributed by atoms with Crippen LogP contribution in [0.15, 0.2) is 30.4 Å². The molecule has 2 heterocycles. The van der Waals surface area contributed by atoms with Crippen molar-refractivity contribution < 1.29 is 9.47 Å². The Labute approximate surface area is 138 Å². The number of hydrogen-bond acceptors (Lipinski definition) is 4. The molecule has 1 fully saturated rings. The van der Waals surface area contributed by atoms with E-state index in [2.05, 4.69) is 34.1 Å². The zero-order chi connectivity index (χ0) is 15.5. The molecule has 2 aliphatic heterocycles. The molecule has 1 aliphatic carbocycles. The Hall–Kier alpha value is -1.52. The van der Waals surface area contributed by atoms with Gasteiger partial charge in [0.1, 0.15) is 0 Å². The number of piperazine rings is 1. The van der Waals surface area contributed by atoms with E-state index in [1.807, 2.05) is 6.07 Å². The lowest BCUT2D eigenvalue weighted by Crippen LogP contribution is -2.47. The molecular formula is C19H26N2O2. The Morgan fingerprint density at radius 2 is 1.78 bits per heavy atom. The standard InChI is InChI=1S/C19H26N2O2/c1-2-4-16(5-3-1)13-20-8-10-21(11-9-20)14-17-6-7-18-19(12-17)23-15-22-18/h1-2,6-7,12,16H,3-5,8-11,13-15H2/t16-/m1/s1. The summed E-state index contributed by atoms with van der Waals surface area (Å²) in [5, 5.41) is 0. The Morgan fingerprint density at radius 1 is 0.957 bits per heavy atom. The monoisotopic (exact) mass is 314 g/mol. The summed E-state index contributed by atoms with van der Waals surface area (Å²) >= 11 is 0. The van der Waals surface area contributed by atoms with Crippen molar-refractivity contribution in [1.29, 1.82) is 0 Å². The van der Waals surface area contributed by atoms with Crippen molar-refractivity contribution in [1.82, 2.24) is 9.80 Å². The summed E-state index contributed by atoms with van der Waals surface area (Å²) in [6.07, 6.45) is 8.62. The number of allylic oxidation sites excluding steroid dienone is 2. The molecule has 1 aromatic carbocycles. The Bertz CT molecular complexity index is 564. The van der Waals surface area contributed by atoms with Crippen molar-refractivity contribution in [2.75, 3.05) is 39.5 Å². The first-order valence-corrected chi connectivity index (χ1v) is 8.85. The second kappa shape index (κ2) is 6.93. The maximum absolute atomic E-state index is 5.48. The van der Waals surface area contributed by atoms with E-state index in [4.69, 9.17) is 9.47 Å². The topological polar surface area (TPSA) is 24.9 Å². The first-order chi connectivity index (χ1) is 11.4. The van der Waals surface area contributed by atoms with E-state index in [-0.39, 0.29) is 0 Å². The smallest absolute Gasteiger partial charge is 0.231 e. The molecule has 0 aromatic heterocycles. The molecule has 0 N–H and O–H groups in total. The van der Waals surface area contributed by atoms with Crippen molar-refractivity contribution in [3.8, 4) is 11.5 Å². The largest absolute Gasteiger partial charge is 0.454 e. The highest BCUT2D eigenvalue weighted by Gasteiger charge is 2.21. The number of nitrogens with zero attached hydrogens (tertiary/aromatic N) is 2. The third-order valence-corrected chi connectivity index (χ3v) is 5.20. The van der Waals surface area contributed by atoms with Crippen LogP contribution in [0, 0.1) is 5.92 Å². The van der Waals surface area contributed by atoms with E-state index >= 15 is 0 Å². The van der Waals surface area contributed by atoms with E-state index in [0.717, 1.165) is 37.1 Å². The highest BCUT2D eigenvalue weighted by molar-refractivity contribution is 5.44. The summed E-state index contributed by atoms with van der Waals surface area (Å²) in [6.45, 7) is 7.37. The average Bonchev–Trinajstić information content (AvgIpc) is 3.05. The molecule has 0 radical (unpaired) electrons. The van der Waals surface area contributed by atoms with Crippen LogP contribution in [0.4, 0.5) is 0 Å². The number of ether oxygens (including phenoxy) is 2. The van der Waals surface area contributed by atoms with Crippen LogP contribution < -0.4 is 9.47 Å². The number of benzene rings is 1. The average molecular weight is 314 g/mol. The normalized spacial score (nSPS) is 25.0. The van der Waals surface area contributed by atoms with Crippen molar-refractivity contribution in [3.05, 3.63) is 35.9 Å². The predicted molar refractivity (Wildman–Crippen MR) is 90.8 cm³/mol. The van der Waals surface area contributed by atoms with Crippen molar-refractivity contribution >= 4 is 0 Å². The van der Waals surface area contributed by atoms with Crippen molar-refractivity contribution in [3.63, 3.8) is 0 Å². The van der Waals surface area contributed by atoms with Gasteiger partial charge in [0.25, 0.3) is 0 Å². The lowest BCUT2D eigenvalue weighted by molar-refractivity contribution is 0.111. The van der Waals surface area contributed by atoms with E-state index in [1.54, 1.807) is 0 Å². The third-order valence-electron chi connectivity index (χ3n) is 5.20. The summed E-state index contributed by atoms with van der Waals surface area (Å²) in [6, 6.07) is 6.32. The molecule has 1 aromatic rings. The minimum atomic E-state index is 0.355. The quantitative estimate of drug-likeness (QED) is 0.798. The molecule has 4 heteroatoms. The van der Waals surface area contributed by atoms with Crippen LogP contribution >= 0.6 is 0 Å². The van der Waals surface area contributed by atoms with E-state index in [1.165, 1.54) is 44.5 Å². The Balaban J connectivity index is 1.25. The van der Waals surface area contributed by atoms with Gasteiger partial charge in [-0.3, -0.25) is 4.90 Å². The van der Waals surface area contributed by atoms with E-state index in [0.29, 0.717) is 6.79 Å². The predicted octanol–water partition coefficient (Wildman–Crippen LogP) is 2.89. The molecule has 0 spiro atoms. The minimum Gasteiger partial charge on any atom is -0.454 e. The van der Waals surface area contributed by atoms with Crippen LogP contribution in [0.3, 0.4) is 0 Å². The molecule has 0 bridgehead atoms. The second-order valence-electron chi connectivity index (χ2n) is 6.91. The Kier molecular flexibility index (Phi) is 4.53. The van der Waals surface area contributed by atoms with E-state index < -0.39 is 0 Å². The van der Waals surface area contributed by atoms with Gasteiger partial charge in [-0.15, -0.1) is 0 Å². The molecule has 0 unspecified atom stereocenters. The molecule has 0 saturated carbocycles. The zero-order valence-electron chi connectivity index (χ0n) is 13.7. The highest BCUT2D eigenvalue weighted by atomic mass is 16.7. The lowest BCUT2D eigenvalue weighted by Gasteiger charge is -2.36. The molecule has 0 amide bonds. The van der Waals surface area contributed by atoms with Gasteiger partial charge in [0, 0.05) is 39.3 Å². The van der Waals surface area contributed by atoms with Crippen LogP contribution in [-0.2, 0) is 6.54 Å². The van der Waals surface area contributed by atoms with Gasteiger partial charge >= 0.3 is 0 Å². The van der Waals surface area contributed by atoms with Gasteiger partial charge in [0.15, 0.2) is 11.5 Å². The first kappa shape index (κ1) is 15.0. The van der Waals surface area contributed by atoms with Crippen LogP contribution in [0.25, 0.3) is 0 Å². The van der Waals surface area contributed by atoms with Gasteiger partial charge in [-0.1, -0.05) is 18.2 Å². The van der Waals surface area contributed by atoms with Gasteiger partial charge in [0.05, 0.1) is 0 Å². The third kappa shape index (κ3) is 3.70. The maximum atomic E-state index is 5.48. The maximum Gasteiger partial charge on any atom is 0.231 e. The van der Waals surface area contributed by atoms with Crippen molar-refractivity contribution in [2.24, 2.45) is 5.92 Å². The van der Waals surface area contributed by atoms with Crippen LogP contribution in [0.5, 0.6) is 11.5 Å². The summed E-state index contributed by atoms with van der Waals surface area (Å²) in [4.78, 5) is 5.20. The molecule has 23 heavy (non-hydrogen) atoms. The van der Waals surface area contributed by atoms with Crippen LogP contribution in [0.2, 0.25) is 0 Å². The fourth-order valence-corrected chi connectivity index (χ4v) is 3.81. The molecule has 4 nitrogen and oxygen atoms in total. The number of fused-ring (bicyclic) bond motifs is 1. The molecule has 3 aliphatic rings. The fraction of sp³-hybridized carbons (Fsp3) is 0.579. The SMILES string of the molecule is C1=CC[C@@H](CN2CCN(Cc3ccc4c(c3)OCO4)CC2)CC1. The van der Waals surface area contributed by atoms with E-state index in [9.17, 15) is 0 Å². The minimum absolute atomic E-state index is 0.355. The van der Waals surface area contributed by atoms with Gasteiger partial charge in [-0.2, -0.15) is 0 Å². The zero-order valence-corrected chi connectivity index (χ0v) is 13.7.